The standard InChI is InChI=1S/C11H12N6O2S/c12-6-10-11(2-1-3-14-10)20(18,19)16-4-5-17-8-9(13)7-15-17/h1-3,7-8,16H,4-5,13H2. The van der Waals surface area contributed by atoms with E-state index >= 15 is 0 Å². The molecular formula is C11H12N6O2S. The summed E-state index contributed by atoms with van der Waals surface area (Å²) in [5.74, 6) is 0. The number of hydrogen-bond donors (Lipinski definition) is 2. The van der Waals surface area contributed by atoms with Crippen molar-refractivity contribution in [2.24, 2.45) is 0 Å². The number of hydrogen-bond acceptors (Lipinski definition) is 6. The molecule has 0 amide bonds. The highest BCUT2D eigenvalue weighted by Crippen LogP contribution is 2.11. The molecule has 0 saturated carbocycles. The second-order valence-electron chi connectivity index (χ2n) is 3.90. The van der Waals surface area contributed by atoms with Crippen LogP contribution in [-0.2, 0) is 16.6 Å². The van der Waals surface area contributed by atoms with E-state index < -0.39 is 10.0 Å². The number of nitrogens with one attached hydrogen (secondary N) is 1. The minimum absolute atomic E-state index is 0.128. The summed E-state index contributed by atoms with van der Waals surface area (Å²) >= 11 is 0. The second-order valence-corrected chi connectivity index (χ2v) is 5.63. The fourth-order valence-electron chi connectivity index (χ4n) is 1.57. The highest BCUT2D eigenvalue weighted by molar-refractivity contribution is 7.89. The summed E-state index contributed by atoms with van der Waals surface area (Å²) in [6, 6.07) is 4.54. The smallest absolute Gasteiger partial charge is 0.243 e. The Morgan fingerprint density at radius 1 is 1.50 bits per heavy atom. The van der Waals surface area contributed by atoms with Crippen LogP contribution >= 0.6 is 0 Å². The molecule has 0 fully saturated rings. The van der Waals surface area contributed by atoms with Gasteiger partial charge in [-0.25, -0.2) is 18.1 Å². The first-order chi connectivity index (χ1) is 9.53. The van der Waals surface area contributed by atoms with Gasteiger partial charge in [0.25, 0.3) is 0 Å². The molecule has 0 radical (unpaired) electrons. The SMILES string of the molecule is N#Cc1ncccc1S(=O)(=O)NCCn1cc(N)cn1. The van der Waals surface area contributed by atoms with Gasteiger partial charge in [-0.05, 0) is 12.1 Å². The van der Waals surface area contributed by atoms with E-state index in [9.17, 15) is 8.42 Å². The Labute approximate surface area is 115 Å². The average Bonchev–Trinajstić information content (AvgIpc) is 2.84. The third kappa shape index (κ3) is 3.11. The Morgan fingerprint density at radius 2 is 2.30 bits per heavy atom. The van der Waals surface area contributed by atoms with Crippen LogP contribution in [0, 0.1) is 11.3 Å². The van der Waals surface area contributed by atoms with Gasteiger partial charge in [0.1, 0.15) is 11.0 Å². The molecule has 0 unspecified atom stereocenters. The molecule has 0 aliphatic carbocycles. The number of anilines is 1. The first kappa shape index (κ1) is 14.0. The van der Waals surface area contributed by atoms with Crippen LogP contribution in [0.2, 0.25) is 0 Å². The Hall–Kier alpha value is -2.44. The molecule has 20 heavy (non-hydrogen) atoms. The summed E-state index contributed by atoms with van der Waals surface area (Å²) in [6.07, 6.45) is 4.44. The van der Waals surface area contributed by atoms with Crippen molar-refractivity contribution in [1.29, 1.82) is 5.26 Å². The van der Waals surface area contributed by atoms with Crippen molar-refractivity contribution in [3.63, 3.8) is 0 Å². The van der Waals surface area contributed by atoms with E-state index in [-0.39, 0.29) is 17.1 Å². The van der Waals surface area contributed by atoms with Crippen molar-refractivity contribution in [2.75, 3.05) is 12.3 Å². The molecule has 2 aromatic rings. The van der Waals surface area contributed by atoms with Crippen LogP contribution in [0.4, 0.5) is 5.69 Å². The fourth-order valence-corrected chi connectivity index (χ4v) is 2.69. The summed E-state index contributed by atoms with van der Waals surface area (Å²) in [5.41, 5.74) is 5.87. The van der Waals surface area contributed by atoms with Gasteiger partial charge in [-0.15, -0.1) is 0 Å². The highest BCUT2D eigenvalue weighted by atomic mass is 32.2. The molecule has 104 valence electrons. The molecule has 0 aliphatic rings. The molecule has 9 heteroatoms. The lowest BCUT2D eigenvalue weighted by Gasteiger charge is -2.07. The van der Waals surface area contributed by atoms with Crippen LogP contribution < -0.4 is 10.5 Å². The molecule has 0 aliphatic heterocycles. The summed E-state index contributed by atoms with van der Waals surface area (Å²) in [6.45, 7) is 0.460. The monoisotopic (exact) mass is 292 g/mol. The van der Waals surface area contributed by atoms with Crippen LogP contribution in [0.5, 0.6) is 0 Å². The van der Waals surface area contributed by atoms with Gasteiger partial charge in [-0.2, -0.15) is 10.4 Å². The number of rotatable bonds is 5. The minimum Gasteiger partial charge on any atom is -0.396 e. The summed E-state index contributed by atoms with van der Waals surface area (Å²) in [4.78, 5) is 3.58. The first-order valence-corrected chi connectivity index (χ1v) is 7.14. The molecule has 2 heterocycles. The van der Waals surface area contributed by atoms with Crippen molar-refractivity contribution < 1.29 is 8.42 Å². The third-order valence-electron chi connectivity index (χ3n) is 2.45. The molecule has 2 aromatic heterocycles. The maximum absolute atomic E-state index is 12.1. The van der Waals surface area contributed by atoms with Crippen LogP contribution in [0.3, 0.4) is 0 Å². The van der Waals surface area contributed by atoms with Gasteiger partial charge in [-0.1, -0.05) is 0 Å². The number of nitrogens with two attached hydrogens (primary N) is 1. The van der Waals surface area contributed by atoms with Crippen molar-refractivity contribution >= 4 is 15.7 Å². The maximum atomic E-state index is 12.1. The number of aromatic nitrogens is 3. The Balaban J connectivity index is 2.06. The van der Waals surface area contributed by atoms with Crippen molar-refractivity contribution in [3.05, 3.63) is 36.4 Å². The van der Waals surface area contributed by atoms with Crippen LogP contribution in [0.1, 0.15) is 5.69 Å². The minimum atomic E-state index is -3.77. The molecular weight excluding hydrogens is 280 g/mol. The quantitative estimate of drug-likeness (QED) is 0.779. The first-order valence-electron chi connectivity index (χ1n) is 5.65. The van der Waals surface area contributed by atoms with Gasteiger partial charge in [-0.3, -0.25) is 4.68 Å². The van der Waals surface area contributed by atoms with Crippen molar-refractivity contribution in [1.82, 2.24) is 19.5 Å². The van der Waals surface area contributed by atoms with Gasteiger partial charge in [0.15, 0.2) is 5.69 Å². The van der Waals surface area contributed by atoms with E-state index in [1.54, 1.807) is 12.3 Å². The number of nitrogen functional groups attached to an aromatic ring is 1. The third-order valence-corrected chi connectivity index (χ3v) is 3.94. The summed E-state index contributed by atoms with van der Waals surface area (Å²) in [7, 11) is -3.77. The van der Waals surface area contributed by atoms with E-state index in [1.807, 2.05) is 0 Å². The largest absolute Gasteiger partial charge is 0.396 e. The number of pyridine rings is 1. The van der Waals surface area contributed by atoms with Gasteiger partial charge in [0, 0.05) is 18.9 Å². The van der Waals surface area contributed by atoms with E-state index in [0.29, 0.717) is 12.2 Å². The van der Waals surface area contributed by atoms with Gasteiger partial charge in [0.2, 0.25) is 10.0 Å². The zero-order valence-electron chi connectivity index (χ0n) is 10.4. The predicted molar refractivity (Wildman–Crippen MR) is 70.8 cm³/mol. The average molecular weight is 292 g/mol. The lowest BCUT2D eigenvalue weighted by atomic mass is 10.4. The maximum Gasteiger partial charge on any atom is 0.243 e. The Morgan fingerprint density at radius 3 is 2.95 bits per heavy atom. The second kappa shape index (κ2) is 5.68. The lowest BCUT2D eigenvalue weighted by Crippen LogP contribution is -2.28. The predicted octanol–water partition coefficient (Wildman–Crippen LogP) is -0.290. The Bertz CT molecular complexity index is 746. The molecule has 8 nitrogen and oxygen atoms in total. The molecule has 3 N–H and O–H groups in total. The van der Waals surface area contributed by atoms with E-state index in [0.717, 1.165) is 0 Å². The number of sulfonamides is 1. The molecule has 0 spiro atoms. The van der Waals surface area contributed by atoms with Gasteiger partial charge >= 0.3 is 0 Å². The Kier molecular flexibility index (Phi) is 3.97. The molecule has 0 aromatic carbocycles. The number of nitriles is 1. The molecule has 0 saturated heterocycles. The van der Waals surface area contributed by atoms with Crippen LogP contribution in [0.25, 0.3) is 0 Å². The van der Waals surface area contributed by atoms with Crippen molar-refractivity contribution in [3.8, 4) is 6.07 Å². The molecule has 0 bridgehead atoms. The van der Waals surface area contributed by atoms with Crippen LogP contribution in [-0.4, -0.2) is 29.7 Å². The van der Waals surface area contributed by atoms with E-state index in [4.69, 9.17) is 11.0 Å². The normalized spacial score (nSPS) is 11.2. The zero-order valence-corrected chi connectivity index (χ0v) is 11.2. The topological polar surface area (TPSA) is 127 Å². The van der Waals surface area contributed by atoms with Crippen LogP contribution in [0.15, 0.2) is 35.6 Å². The summed E-state index contributed by atoms with van der Waals surface area (Å²) in [5, 5.41) is 12.8. The molecule has 2 rings (SSSR count). The summed E-state index contributed by atoms with van der Waals surface area (Å²) < 4.78 is 28.0. The lowest BCUT2D eigenvalue weighted by molar-refractivity contribution is 0.560. The zero-order chi connectivity index (χ0) is 14.6. The van der Waals surface area contributed by atoms with Gasteiger partial charge in [0.05, 0.1) is 18.4 Å². The highest BCUT2D eigenvalue weighted by Gasteiger charge is 2.18. The van der Waals surface area contributed by atoms with E-state index in [1.165, 1.54) is 29.2 Å². The van der Waals surface area contributed by atoms with Gasteiger partial charge < -0.3 is 5.73 Å². The number of nitrogens with zero attached hydrogens (tertiary/aromatic N) is 4. The van der Waals surface area contributed by atoms with E-state index in [2.05, 4.69) is 14.8 Å². The van der Waals surface area contributed by atoms with Crippen molar-refractivity contribution in [2.45, 2.75) is 11.4 Å². The fraction of sp³-hybridized carbons (Fsp3) is 0.182. The molecule has 0 atom stereocenters.